The van der Waals surface area contributed by atoms with E-state index < -0.39 is 0 Å². The summed E-state index contributed by atoms with van der Waals surface area (Å²) in [5.74, 6) is -0.394. The maximum atomic E-state index is 13.7. The predicted octanol–water partition coefficient (Wildman–Crippen LogP) is 4.44. The van der Waals surface area contributed by atoms with Crippen molar-refractivity contribution >= 4 is 28.9 Å². The molecule has 21 heavy (non-hydrogen) atoms. The lowest BCUT2D eigenvalue weighted by molar-refractivity contribution is -0.115. The fourth-order valence-electron chi connectivity index (χ4n) is 1.85. The fraction of sp³-hybridized carbons (Fsp3) is 0.188. The van der Waals surface area contributed by atoms with Crippen molar-refractivity contribution in [1.29, 1.82) is 0 Å². The van der Waals surface area contributed by atoms with Crippen LogP contribution in [0.2, 0.25) is 5.02 Å². The molecule has 0 radical (unpaired) electrons. The van der Waals surface area contributed by atoms with Crippen LogP contribution in [0.15, 0.2) is 42.5 Å². The molecule has 0 aliphatic heterocycles. The van der Waals surface area contributed by atoms with E-state index >= 15 is 0 Å². The van der Waals surface area contributed by atoms with E-state index in [0.717, 1.165) is 5.69 Å². The van der Waals surface area contributed by atoms with E-state index in [2.05, 4.69) is 10.6 Å². The van der Waals surface area contributed by atoms with E-state index in [1.54, 1.807) is 31.2 Å². The summed E-state index contributed by atoms with van der Waals surface area (Å²) < 4.78 is 13.7. The first kappa shape index (κ1) is 15.3. The number of nitrogens with one attached hydrogen (secondary N) is 2. The second-order valence-corrected chi connectivity index (χ2v) is 4.94. The molecule has 0 aliphatic rings. The molecule has 3 nitrogen and oxygen atoms in total. The van der Waals surface area contributed by atoms with Gasteiger partial charge in [-0.15, -0.1) is 0 Å². The third-order valence-electron chi connectivity index (χ3n) is 3.00. The number of halogens is 2. The maximum absolute atomic E-state index is 13.7. The first-order chi connectivity index (χ1) is 10.1. The zero-order valence-electron chi connectivity index (χ0n) is 11.6. The summed E-state index contributed by atoms with van der Waals surface area (Å²) in [5.41, 5.74) is 1.90. The first-order valence-electron chi connectivity index (χ1n) is 6.67. The molecule has 1 amide bonds. The van der Waals surface area contributed by atoms with Crippen LogP contribution >= 0.6 is 11.6 Å². The molecule has 0 fully saturated rings. The van der Waals surface area contributed by atoms with Gasteiger partial charge in [0, 0.05) is 34.9 Å². The Kier molecular flexibility index (Phi) is 5.17. The molecule has 0 bridgehead atoms. The number of rotatable bonds is 5. The molecule has 2 rings (SSSR count). The minimum atomic E-state index is -0.342. The average Bonchev–Trinajstić information content (AvgIpc) is 2.47. The summed E-state index contributed by atoms with van der Waals surface area (Å²) >= 11 is 5.98. The van der Waals surface area contributed by atoms with Gasteiger partial charge in [0.15, 0.2) is 0 Å². The smallest absolute Gasteiger partial charge is 0.224 e. The van der Waals surface area contributed by atoms with Crippen molar-refractivity contribution in [3.63, 3.8) is 0 Å². The van der Waals surface area contributed by atoms with Gasteiger partial charge >= 0.3 is 0 Å². The number of anilines is 2. The molecule has 0 heterocycles. The summed E-state index contributed by atoms with van der Waals surface area (Å²) in [4.78, 5) is 11.4. The summed E-state index contributed by atoms with van der Waals surface area (Å²) in [7, 11) is 0. The van der Waals surface area contributed by atoms with Crippen LogP contribution in [-0.2, 0) is 11.3 Å². The highest BCUT2D eigenvalue weighted by Crippen LogP contribution is 2.21. The second-order valence-electron chi connectivity index (χ2n) is 4.54. The number of hydrogen-bond donors (Lipinski definition) is 2. The van der Waals surface area contributed by atoms with Crippen LogP contribution in [0.25, 0.3) is 0 Å². The van der Waals surface area contributed by atoms with Crippen LogP contribution in [0.4, 0.5) is 15.8 Å². The molecule has 0 spiro atoms. The lowest BCUT2D eigenvalue weighted by Crippen LogP contribution is -2.09. The van der Waals surface area contributed by atoms with Crippen molar-refractivity contribution in [1.82, 2.24) is 0 Å². The van der Waals surface area contributed by atoms with Gasteiger partial charge in [-0.05, 0) is 30.3 Å². The van der Waals surface area contributed by atoms with Gasteiger partial charge in [-0.1, -0.05) is 30.7 Å². The molecular weight excluding hydrogens is 291 g/mol. The zero-order chi connectivity index (χ0) is 15.2. The van der Waals surface area contributed by atoms with E-state index in [-0.39, 0.29) is 18.3 Å². The lowest BCUT2D eigenvalue weighted by Gasteiger charge is -2.11. The summed E-state index contributed by atoms with van der Waals surface area (Å²) in [6, 6.07) is 11.9. The standard InChI is InChI=1S/C16H16ClFN2O/c1-2-16(21)20-12-6-3-5-11(9-12)19-10-13-14(17)7-4-8-15(13)18/h3-9,19H,2,10H2,1H3,(H,20,21). The van der Waals surface area contributed by atoms with Crippen LogP contribution in [0.5, 0.6) is 0 Å². The van der Waals surface area contributed by atoms with Crippen LogP contribution in [-0.4, -0.2) is 5.91 Å². The third-order valence-corrected chi connectivity index (χ3v) is 3.35. The van der Waals surface area contributed by atoms with Gasteiger partial charge in [0.05, 0.1) is 0 Å². The van der Waals surface area contributed by atoms with Crippen molar-refractivity contribution in [3.05, 3.63) is 58.9 Å². The number of carbonyl (C=O) groups is 1. The van der Waals surface area contributed by atoms with Gasteiger partial charge < -0.3 is 10.6 Å². The number of amides is 1. The van der Waals surface area contributed by atoms with Crippen molar-refractivity contribution < 1.29 is 9.18 Å². The Morgan fingerprint density at radius 3 is 2.62 bits per heavy atom. The molecule has 5 heteroatoms. The third kappa shape index (κ3) is 4.20. The topological polar surface area (TPSA) is 41.1 Å². The Morgan fingerprint density at radius 2 is 1.90 bits per heavy atom. The molecule has 0 saturated carbocycles. The van der Waals surface area contributed by atoms with E-state index in [1.807, 2.05) is 12.1 Å². The lowest BCUT2D eigenvalue weighted by atomic mass is 10.2. The largest absolute Gasteiger partial charge is 0.381 e. The molecule has 0 aromatic heterocycles. The van der Waals surface area contributed by atoms with Crippen molar-refractivity contribution in [2.24, 2.45) is 0 Å². The van der Waals surface area contributed by atoms with E-state index in [0.29, 0.717) is 22.7 Å². The molecule has 2 aromatic rings. The Balaban J connectivity index is 2.07. The van der Waals surface area contributed by atoms with E-state index in [9.17, 15) is 9.18 Å². The van der Waals surface area contributed by atoms with E-state index in [1.165, 1.54) is 6.07 Å². The Bertz CT molecular complexity index is 626. The van der Waals surface area contributed by atoms with Crippen LogP contribution in [0.1, 0.15) is 18.9 Å². The molecule has 0 unspecified atom stereocenters. The molecular formula is C16H16ClFN2O. The average molecular weight is 307 g/mol. The van der Waals surface area contributed by atoms with Gasteiger partial charge in [-0.2, -0.15) is 0 Å². The molecule has 0 aliphatic carbocycles. The van der Waals surface area contributed by atoms with Crippen molar-refractivity contribution in [2.75, 3.05) is 10.6 Å². The highest BCUT2D eigenvalue weighted by Gasteiger charge is 2.06. The Morgan fingerprint density at radius 1 is 1.19 bits per heavy atom. The van der Waals surface area contributed by atoms with Gasteiger partial charge in [0.1, 0.15) is 5.82 Å². The Labute approximate surface area is 128 Å². The normalized spacial score (nSPS) is 10.2. The summed E-state index contributed by atoms with van der Waals surface area (Å²) in [5, 5.41) is 6.26. The van der Waals surface area contributed by atoms with Gasteiger partial charge in [0.2, 0.25) is 5.91 Å². The van der Waals surface area contributed by atoms with Crippen LogP contribution in [0.3, 0.4) is 0 Å². The SMILES string of the molecule is CCC(=O)Nc1cccc(NCc2c(F)cccc2Cl)c1. The quantitative estimate of drug-likeness (QED) is 0.857. The highest BCUT2D eigenvalue weighted by atomic mass is 35.5. The first-order valence-corrected chi connectivity index (χ1v) is 7.04. The monoisotopic (exact) mass is 306 g/mol. The zero-order valence-corrected chi connectivity index (χ0v) is 12.4. The Hall–Kier alpha value is -2.07. The summed E-state index contributed by atoms with van der Waals surface area (Å²) in [6.07, 6.45) is 0.419. The van der Waals surface area contributed by atoms with E-state index in [4.69, 9.17) is 11.6 Å². The maximum Gasteiger partial charge on any atom is 0.224 e. The molecule has 0 atom stereocenters. The van der Waals surface area contributed by atoms with Gasteiger partial charge in [0.25, 0.3) is 0 Å². The number of carbonyl (C=O) groups excluding carboxylic acids is 1. The second kappa shape index (κ2) is 7.09. The molecule has 0 saturated heterocycles. The number of benzene rings is 2. The highest BCUT2D eigenvalue weighted by molar-refractivity contribution is 6.31. The minimum absolute atomic E-state index is 0.0516. The van der Waals surface area contributed by atoms with Crippen LogP contribution in [0, 0.1) is 5.82 Å². The predicted molar refractivity (Wildman–Crippen MR) is 84.1 cm³/mol. The summed E-state index contributed by atoms with van der Waals surface area (Å²) in [6.45, 7) is 2.06. The van der Waals surface area contributed by atoms with Crippen LogP contribution < -0.4 is 10.6 Å². The van der Waals surface area contributed by atoms with Gasteiger partial charge in [-0.25, -0.2) is 4.39 Å². The fourth-order valence-corrected chi connectivity index (χ4v) is 2.08. The minimum Gasteiger partial charge on any atom is -0.381 e. The van der Waals surface area contributed by atoms with Gasteiger partial charge in [-0.3, -0.25) is 4.79 Å². The molecule has 2 aromatic carbocycles. The van der Waals surface area contributed by atoms with Crippen molar-refractivity contribution in [3.8, 4) is 0 Å². The molecule has 110 valence electrons. The van der Waals surface area contributed by atoms with Crippen molar-refractivity contribution in [2.45, 2.75) is 19.9 Å². The number of hydrogen-bond acceptors (Lipinski definition) is 2. The molecule has 2 N–H and O–H groups in total.